The molecule has 0 saturated heterocycles. The van der Waals surface area contributed by atoms with Crippen LogP contribution in [0, 0.1) is 5.92 Å². The highest BCUT2D eigenvalue weighted by atomic mass is 15.3. The normalized spacial score (nSPS) is 16.7. The van der Waals surface area contributed by atoms with Crippen LogP contribution in [-0.4, -0.2) is 39.3 Å². The van der Waals surface area contributed by atoms with E-state index in [4.69, 9.17) is 0 Å². The van der Waals surface area contributed by atoms with Crippen LogP contribution < -0.4 is 15.1 Å². The average Bonchev–Trinajstić information content (AvgIpc) is 2.41. The second-order valence-electron chi connectivity index (χ2n) is 5.88. The monoisotopic (exact) mass is 261 g/mol. The minimum absolute atomic E-state index is 0.586. The highest BCUT2D eigenvalue weighted by Gasteiger charge is 2.19. The van der Waals surface area contributed by atoms with E-state index in [-0.39, 0.29) is 0 Å². The Labute approximate surface area is 117 Å². The Morgan fingerprint density at radius 3 is 2.47 bits per heavy atom. The second kappa shape index (κ2) is 6.29. The first-order valence-corrected chi connectivity index (χ1v) is 7.38. The number of anilines is 2. The quantitative estimate of drug-likeness (QED) is 0.879. The van der Waals surface area contributed by atoms with Crippen molar-refractivity contribution in [3.05, 3.63) is 24.3 Å². The van der Waals surface area contributed by atoms with E-state index in [1.54, 1.807) is 0 Å². The molecule has 0 amide bonds. The molecule has 1 heterocycles. The number of hydrogen-bond donors (Lipinski definition) is 1. The fraction of sp³-hybridized carbons (Fsp3) is 0.625. The maximum absolute atomic E-state index is 3.62. The lowest BCUT2D eigenvalue weighted by Crippen LogP contribution is -2.43. The van der Waals surface area contributed by atoms with Crippen molar-refractivity contribution in [3.63, 3.8) is 0 Å². The van der Waals surface area contributed by atoms with Gasteiger partial charge in [-0.1, -0.05) is 26.0 Å². The van der Waals surface area contributed by atoms with E-state index in [1.807, 2.05) is 0 Å². The molecule has 0 radical (unpaired) electrons. The summed E-state index contributed by atoms with van der Waals surface area (Å²) >= 11 is 0. The molecule has 106 valence electrons. The van der Waals surface area contributed by atoms with Gasteiger partial charge in [-0.2, -0.15) is 0 Å². The molecule has 3 heteroatoms. The zero-order chi connectivity index (χ0) is 13.8. The van der Waals surface area contributed by atoms with Crippen LogP contribution in [0.15, 0.2) is 24.3 Å². The van der Waals surface area contributed by atoms with Gasteiger partial charge in [0.05, 0.1) is 11.4 Å². The third-order valence-corrected chi connectivity index (χ3v) is 4.19. The first-order valence-electron chi connectivity index (χ1n) is 7.38. The number of para-hydroxylation sites is 2. The van der Waals surface area contributed by atoms with Crippen LogP contribution in [0.25, 0.3) is 0 Å². The molecule has 0 spiro atoms. The van der Waals surface area contributed by atoms with Crippen molar-refractivity contribution in [2.45, 2.75) is 26.8 Å². The molecule has 1 aliphatic rings. The van der Waals surface area contributed by atoms with Crippen molar-refractivity contribution >= 4 is 11.4 Å². The van der Waals surface area contributed by atoms with Gasteiger partial charge >= 0.3 is 0 Å². The fourth-order valence-corrected chi connectivity index (χ4v) is 2.46. The smallest absolute Gasteiger partial charge is 0.0605 e. The summed E-state index contributed by atoms with van der Waals surface area (Å²) in [4.78, 5) is 4.84. The molecule has 19 heavy (non-hydrogen) atoms. The number of fused-ring (bicyclic) bond motifs is 1. The van der Waals surface area contributed by atoms with Crippen molar-refractivity contribution in [2.24, 2.45) is 5.92 Å². The van der Waals surface area contributed by atoms with Gasteiger partial charge in [0.25, 0.3) is 0 Å². The Morgan fingerprint density at radius 2 is 1.79 bits per heavy atom. The molecule has 1 atom stereocenters. The first kappa shape index (κ1) is 14.2. The second-order valence-corrected chi connectivity index (χ2v) is 5.88. The summed E-state index contributed by atoms with van der Waals surface area (Å²) in [5.41, 5.74) is 2.72. The fourth-order valence-electron chi connectivity index (χ4n) is 2.46. The molecular weight excluding hydrogens is 234 g/mol. The molecule has 0 aliphatic carbocycles. The van der Waals surface area contributed by atoms with Gasteiger partial charge in [0.2, 0.25) is 0 Å². The van der Waals surface area contributed by atoms with Crippen LogP contribution in [0.5, 0.6) is 0 Å². The van der Waals surface area contributed by atoms with E-state index < -0.39 is 0 Å². The molecule has 3 nitrogen and oxygen atoms in total. The number of likely N-dealkylation sites (N-methyl/N-ethyl adjacent to an activating group) is 1. The van der Waals surface area contributed by atoms with Gasteiger partial charge in [0.1, 0.15) is 0 Å². The van der Waals surface area contributed by atoms with Crippen LogP contribution in [-0.2, 0) is 0 Å². The van der Waals surface area contributed by atoms with Crippen LogP contribution in [0.2, 0.25) is 0 Å². The molecule has 0 fully saturated rings. The van der Waals surface area contributed by atoms with E-state index in [2.05, 4.69) is 67.2 Å². The highest BCUT2D eigenvalue weighted by Crippen LogP contribution is 2.31. The molecule has 1 aliphatic heterocycles. The summed E-state index contributed by atoms with van der Waals surface area (Å²) in [6, 6.07) is 9.29. The Kier molecular flexibility index (Phi) is 4.70. The zero-order valence-corrected chi connectivity index (χ0v) is 12.7. The molecule has 0 bridgehead atoms. The van der Waals surface area contributed by atoms with Crippen LogP contribution >= 0.6 is 0 Å². The highest BCUT2D eigenvalue weighted by molar-refractivity contribution is 5.73. The Bertz CT molecular complexity index is 403. The number of nitrogens with zero attached hydrogens (tertiary/aromatic N) is 2. The molecule has 1 aromatic rings. The Balaban J connectivity index is 1.94. The van der Waals surface area contributed by atoms with E-state index in [1.165, 1.54) is 11.4 Å². The molecule has 1 N–H and O–H groups in total. The maximum atomic E-state index is 3.62. The summed E-state index contributed by atoms with van der Waals surface area (Å²) in [6.07, 6.45) is 0. The maximum Gasteiger partial charge on any atom is 0.0605 e. The van der Waals surface area contributed by atoms with Gasteiger partial charge < -0.3 is 15.1 Å². The molecule has 1 unspecified atom stereocenters. The van der Waals surface area contributed by atoms with Crippen molar-refractivity contribution in [3.8, 4) is 0 Å². The minimum atomic E-state index is 0.586. The van der Waals surface area contributed by atoms with Gasteiger partial charge in [-0.15, -0.1) is 0 Å². The Hall–Kier alpha value is -1.22. The summed E-state index contributed by atoms with van der Waals surface area (Å²) < 4.78 is 0. The first-order chi connectivity index (χ1) is 9.09. The summed E-state index contributed by atoms with van der Waals surface area (Å²) in [5.74, 6) is 0.694. The van der Waals surface area contributed by atoms with Crippen LogP contribution in [0.4, 0.5) is 11.4 Å². The summed E-state index contributed by atoms with van der Waals surface area (Å²) in [7, 11) is 2.18. The minimum Gasteiger partial charge on any atom is -0.371 e. The number of hydrogen-bond acceptors (Lipinski definition) is 3. The number of nitrogens with one attached hydrogen (secondary N) is 1. The number of rotatable bonds is 5. The van der Waals surface area contributed by atoms with Gasteiger partial charge in [-0.05, 0) is 25.0 Å². The third kappa shape index (κ3) is 3.41. The summed E-state index contributed by atoms with van der Waals surface area (Å²) in [6.45, 7) is 11.2. The molecule has 0 aromatic heterocycles. The predicted octanol–water partition coefficient (Wildman–Crippen LogP) is 2.58. The van der Waals surface area contributed by atoms with Crippen molar-refractivity contribution < 1.29 is 0 Å². The standard InChI is InChI=1S/C16H27N3/c1-13(2)14(3)17-9-10-19-12-11-18(4)15-7-5-6-8-16(15)19/h5-8,13-14,17H,9-12H2,1-4H3. The van der Waals surface area contributed by atoms with Gasteiger partial charge in [-0.3, -0.25) is 0 Å². The largest absolute Gasteiger partial charge is 0.371 e. The van der Waals surface area contributed by atoms with Crippen LogP contribution in [0.3, 0.4) is 0 Å². The Morgan fingerprint density at radius 1 is 1.11 bits per heavy atom. The van der Waals surface area contributed by atoms with Crippen molar-refractivity contribution in [1.82, 2.24) is 5.32 Å². The van der Waals surface area contributed by atoms with Crippen LogP contribution in [0.1, 0.15) is 20.8 Å². The lowest BCUT2D eigenvalue weighted by atomic mass is 10.1. The van der Waals surface area contributed by atoms with Crippen molar-refractivity contribution in [1.29, 1.82) is 0 Å². The lowest BCUT2D eigenvalue weighted by Gasteiger charge is -2.37. The van der Waals surface area contributed by atoms with Gasteiger partial charge in [0.15, 0.2) is 0 Å². The van der Waals surface area contributed by atoms with Gasteiger partial charge in [0, 0.05) is 39.3 Å². The number of benzene rings is 1. The average molecular weight is 261 g/mol. The molecule has 2 rings (SSSR count). The van der Waals surface area contributed by atoms with Gasteiger partial charge in [-0.25, -0.2) is 0 Å². The molecular formula is C16H27N3. The van der Waals surface area contributed by atoms with Crippen molar-refractivity contribution in [2.75, 3.05) is 43.0 Å². The van der Waals surface area contributed by atoms with E-state index in [0.717, 1.165) is 26.2 Å². The summed E-state index contributed by atoms with van der Waals surface area (Å²) in [5, 5.41) is 3.62. The molecule has 0 saturated carbocycles. The SMILES string of the molecule is CC(C)C(C)NCCN1CCN(C)c2ccccc21. The van der Waals surface area contributed by atoms with E-state index >= 15 is 0 Å². The molecule has 1 aromatic carbocycles. The van der Waals surface area contributed by atoms with E-state index in [0.29, 0.717) is 12.0 Å². The zero-order valence-electron chi connectivity index (χ0n) is 12.7. The predicted molar refractivity (Wildman–Crippen MR) is 84.2 cm³/mol. The van der Waals surface area contributed by atoms with E-state index in [9.17, 15) is 0 Å². The lowest BCUT2D eigenvalue weighted by molar-refractivity contribution is 0.429. The third-order valence-electron chi connectivity index (χ3n) is 4.19. The topological polar surface area (TPSA) is 18.5 Å².